The standard InChI is InChI=1S/C15H24N4O4/c1-5-11(19-14(21)23-15(2,3)4)12(20)22-10-9-18-13-16-7-6-8-17-13/h6-8,11H,5,9-10H2,1-4H3,(H,19,21)(H,16,17,18)/t11-/m1/s1. The average Bonchev–Trinajstić information content (AvgIpc) is 2.48. The number of nitrogens with zero attached hydrogens (tertiary/aromatic N) is 2. The van der Waals surface area contributed by atoms with E-state index in [1.807, 2.05) is 0 Å². The first-order valence-electron chi connectivity index (χ1n) is 7.49. The lowest BCUT2D eigenvalue weighted by atomic mass is 10.2. The topological polar surface area (TPSA) is 102 Å². The van der Waals surface area contributed by atoms with Crippen LogP contribution < -0.4 is 10.6 Å². The van der Waals surface area contributed by atoms with Crippen LogP contribution in [0.5, 0.6) is 0 Å². The average molecular weight is 324 g/mol. The lowest BCUT2D eigenvalue weighted by Gasteiger charge is -2.22. The van der Waals surface area contributed by atoms with Gasteiger partial charge in [0, 0.05) is 12.4 Å². The number of carbonyl (C=O) groups excluding carboxylic acids is 2. The molecule has 0 radical (unpaired) electrons. The zero-order valence-corrected chi connectivity index (χ0v) is 14.0. The smallest absolute Gasteiger partial charge is 0.408 e. The zero-order chi connectivity index (χ0) is 17.3. The van der Waals surface area contributed by atoms with Crippen LogP contribution in [0.15, 0.2) is 18.5 Å². The first kappa shape index (κ1) is 18.7. The van der Waals surface area contributed by atoms with Crippen molar-refractivity contribution in [3.8, 4) is 0 Å². The summed E-state index contributed by atoms with van der Waals surface area (Å²) < 4.78 is 10.2. The molecule has 2 N–H and O–H groups in total. The van der Waals surface area contributed by atoms with Crippen molar-refractivity contribution in [3.63, 3.8) is 0 Å². The van der Waals surface area contributed by atoms with Crippen LogP contribution in [0.4, 0.5) is 10.7 Å². The first-order valence-corrected chi connectivity index (χ1v) is 7.49. The van der Waals surface area contributed by atoms with Gasteiger partial charge in [-0.1, -0.05) is 6.92 Å². The Balaban J connectivity index is 2.32. The van der Waals surface area contributed by atoms with Gasteiger partial charge in [-0.15, -0.1) is 0 Å². The van der Waals surface area contributed by atoms with Gasteiger partial charge in [0.2, 0.25) is 5.95 Å². The molecule has 1 aromatic heterocycles. The number of carbonyl (C=O) groups is 2. The minimum Gasteiger partial charge on any atom is -0.462 e. The molecule has 0 fully saturated rings. The molecule has 128 valence electrons. The van der Waals surface area contributed by atoms with E-state index in [4.69, 9.17) is 9.47 Å². The van der Waals surface area contributed by atoms with Crippen LogP contribution in [0.2, 0.25) is 0 Å². The molecule has 1 rings (SSSR count). The Bertz CT molecular complexity index is 502. The predicted octanol–water partition coefficient (Wildman–Crippen LogP) is 1.73. The molecule has 0 bridgehead atoms. The summed E-state index contributed by atoms with van der Waals surface area (Å²) in [4.78, 5) is 31.6. The quantitative estimate of drug-likeness (QED) is 0.581. The molecule has 23 heavy (non-hydrogen) atoms. The Morgan fingerprint density at radius 2 is 1.91 bits per heavy atom. The van der Waals surface area contributed by atoms with Gasteiger partial charge in [0.05, 0.1) is 6.54 Å². The summed E-state index contributed by atoms with van der Waals surface area (Å²) >= 11 is 0. The van der Waals surface area contributed by atoms with Crippen LogP contribution in [-0.2, 0) is 14.3 Å². The van der Waals surface area contributed by atoms with Crippen molar-refractivity contribution in [2.45, 2.75) is 45.8 Å². The molecule has 0 saturated carbocycles. The molecule has 1 heterocycles. The van der Waals surface area contributed by atoms with Crippen LogP contribution in [-0.4, -0.2) is 46.8 Å². The van der Waals surface area contributed by atoms with Crippen molar-refractivity contribution in [2.75, 3.05) is 18.5 Å². The fourth-order valence-corrected chi connectivity index (χ4v) is 1.58. The van der Waals surface area contributed by atoms with E-state index in [1.165, 1.54) is 0 Å². The van der Waals surface area contributed by atoms with Crippen LogP contribution in [0.25, 0.3) is 0 Å². The highest BCUT2D eigenvalue weighted by Gasteiger charge is 2.23. The molecule has 0 aromatic carbocycles. The summed E-state index contributed by atoms with van der Waals surface area (Å²) in [6.45, 7) is 7.55. The number of hydrogen-bond acceptors (Lipinski definition) is 7. The third-order valence-corrected chi connectivity index (χ3v) is 2.58. The summed E-state index contributed by atoms with van der Waals surface area (Å²) in [7, 11) is 0. The Morgan fingerprint density at radius 1 is 1.26 bits per heavy atom. The third kappa shape index (κ3) is 7.98. The van der Waals surface area contributed by atoms with Gasteiger partial charge in [0.25, 0.3) is 0 Å². The van der Waals surface area contributed by atoms with Gasteiger partial charge in [-0.05, 0) is 33.3 Å². The van der Waals surface area contributed by atoms with E-state index in [9.17, 15) is 9.59 Å². The normalized spacial score (nSPS) is 12.2. The molecule has 1 atom stereocenters. The summed E-state index contributed by atoms with van der Waals surface area (Å²) in [5.74, 6) is -0.0448. The number of rotatable bonds is 7. The molecule has 8 heteroatoms. The fourth-order valence-electron chi connectivity index (χ4n) is 1.58. The van der Waals surface area contributed by atoms with Crippen molar-refractivity contribution in [3.05, 3.63) is 18.5 Å². The Labute approximate surface area is 136 Å². The zero-order valence-electron chi connectivity index (χ0n) is 14.0. The highest BCUT2D eigenvalue weighted by atomic mass is 16.6. The second kappa shape index (κ2) is 8.92. The minimum absolute atomic E-state index is 0.142. The van der Waals surface area contributed by atoms with E-state index >= 15 is 0 Å². The minimum atomic E-state index is -0.738. The highest BCUT2D eigenvalue weighted by Crippen LogP contribution is 2.07. The van der Waals surface area contributed by atoms with Crippen molar-refractivity contribution in [2.24, 2.45) is 0 Å². The summed E-state index contributed by atoms with van der Waals surface area (Å²) in [6, 6.07) is 0.970. The van der Waals surface area contributed by atoms with Gasteiger partial charge in [-0.3, -0.25) is 0 Å². The molecule has 0 aliphatic heterocycles. The SMILES string of the molecule is CC[C@@H](NC(=O)OC(C)(C)C)C(=O)OCCNc1ncccn1. The third-order valence-electron chi connectivity index (χ3n) is 2.58. The Hall–Kier alpha value is -2.38. The molecule has 0 aliphatic carbocycles. The number of ether oxygens (including phenoxy) is 2. The molecular weight excluding hydrogens is 300 g/mol. The second-order valence-electron chi connectivity index (χ2n) is 5.77. The van der Waals surface area contributed by atoms with Crippen molar-refractivity contribution in [1.82, 2.24) is 15.3 Å². The number of alkyl carbamates (subject to hydrolysis) is 1. The van der Waals surface area contributed by atoms with Crippen LogP contribution >= 0.6 is 0 Å². The van der Waals surface area contributed by atoms with Crippen LogP contribution in [0.3, 0.4) is 0 Å². The highest BCUT2D eigenvalue weighted by molar-refractivity contribution is 5.81. The fraction of sp³-hybridized carbons (Fsp3) is 0.600. The largest absolute Gasteiger partial charge is 0.462 e. The number of esters is 1. The molecule has 1 aromatic rings. The maximum Gasteiger partial charge on any atom is 0.408 e. The number of amides is 1. The summed E-state index contributed by atoms with van der Waals surface area (Å²) in [6.07, 6.45) is 2.99. The van der Waals surface area contributed by atoms with E-state index in [0.717, 1.165) is 0 Å². The van der Waals surface area contributed by atoms with Gasteiger partial charge in [0.15, 0.2) is 0 Å². The van der Waals surface area contributed by atoms with Gasteiger partial charge in [-0.2, -0.15) is 0 Å². The van der Waals surface area contributed by atoms with E-state index in [1.54, 1.807) is 46.2 Å². The van der Waals surface area contributed by atoms with E-state index in [2.05, 4.69) is 20.6 Å². The number of nitrogens with one attached hydrogen (secondary N) is 2. The van der Waals surface area contributed by atoms with Gasteiger partial charge in [0.1, 0.15) is 18.2 Å². The van der Waals surface area contributed by atoms with Gasteiger partial charge < -0.3 is 20.1 Å². The van der Waals surface area contributed by atoms with Crippen LogP contribution in [0, 0.1) is 0 Å². The number of anilines is 1. The summed E-state index contributed by atoms with van der Waals surface area (Å²) in [5.41, 5.74) is -0.619. The van der Waals surface area contributed by atoms with Gasteiger partial charge >= 0.3 is 12.1 Å². The summed E-state index contributed by atoms with van der Waals surface area (Å²) in [5, 5.41) is 5.42. The van der Waals surface area contributed by atoms with E-state index in [0.29, 0.717) is 18.9 Å². The predicted molar refractivity (Wildman–Crippen MR) is 84.9 cm³/mol. The molecular formula is C15H24N4O4. The lowest BCUT2D eigenvalue weighted by Crippen LogP contribution is -2.44. The van der Waals surface area contributed by atoms with Crippen molar-refractivity contribution >= 4 is 18.0 Å². The maximum absolute atomic E-state index is 11.9. The monoisotopic (exact) mass is 324 g/mol. The van der Waals surface area contributed by atoms with E-state index in [-0.39, 0.29) is 6.61 Å². The Morgan fingerprint density at radius 3 is 2.48 bits per heavy atom. The molecule has 0 saturated heterocycles. The number of aromatic nitrogens is 2. The van der Waals surface area contributed by atoms with E-state index < -0.39 is 23.7 Å². The molecule has 1 amide bonds. The van der Waals surface area contributed by atoms with Crippen molar-refractivity contribution in [1.29, 1.82) is 0 Å². The molecule has 0 spiro atoms. The maximum atomic E-state index is 11.9. The molecule has 0 unspecified atom stereocenters. The molecule has 8 nitrogen and oxygen atoms in total. The first-order chi connectivity index (χ1) is 10.8. The lowest BCUT2D eigenvalue weighted by molar-refractivity contribution is -0.145. The van der Waals surface area contributed by atoms with Crippen LogP contribution in [0.1, 0.15) is 34.1 Å². The Kier molecular flexibility index (Phi) is 7.24. The molecule has 0 aliphatic rings. The van der Waals surface area contributed by atoms with Gasteiger partial charge in [-0.25, -0.2) is 19.6 Å². The number of hydrogen-bond donors (Lipinski definition) is 2. The second-order valence-corrected chi connectivity index (χ2v) is 5.77. The van der Waals surface area contributed by atoms with Crippen molar-refractivity contribution < 1.29 is 19.1 Å².